The van der Waals surface area contributed by atoms with Gasteiger partial charge in [0, 0.05) is 29.8 Å². The molecule has 0 saturated heterocycles. The Hall–Kier alpha value is -2.36. The van der Waals surface area contributed by atoms with Crippen LogP contribution in [0.1, 0.15) is 22.0 Å². The van der Waals surface area contributed by atoms with Crippen molar-refractivity contribution in [1.82, 2.24) is 5.32 Å². The van der Waals surface area contributed by atoms with Gasteiger partial charge in [0.15, 0.2) is 0 Å². The summed E-state index contributed by atoms with van der Waals surface area (Å²) in [6, 6.07) is 21.0. The fraction of sp³-hybridized carbons (Fsp3) is 0.150. The predicted octanol–water partition coefficient (Wildman–Crippen LogP) is 4.61. The van der Waals surface area contributed by atoms with Crippen LogP contribution < -0.4 is 5.32 Å². The molecule has 3 aromatic rings. The van der Waals surface area contributed by atoms with Gasteiger partial charge in [-0.3, -0.25) is 4.79 Å². The standard InChI is InChI=1S/C20H18ClNO2/c1-24-19(17-10-4-5-12-18(17)21)13-22-20(23)16-11-6-8-14-7-2-3-9-15(14)16/h2-12,19H,13H2,1H3,(H,22,23)/t19-/m0/s1. The van der Waals surface area contributed by atoms with E-state index in [4.69, 9.17) is 16.3 Å². The Morgan fingerprint density at radius 3 is 2.54 bits per heavy atom. The van der Waals surface area contributed by atoms with Crippen LogP contribution in [-0.2, 0) is 4.74 Å². The van der Waals surface area contributed by atoms with Gasteiger partial charge in [-0.1, -0.05) is 66.2 Å². The summed E-state index contributed by atoms with van der Waals surface area (Å²) in [5.74, 6) is -0.124. The summed E-state index contributed by atoms with van der Waals surface area (Å²) in [4.78, 5) is 12.6. The molecule has 3 aromatic carbocycles. The molecule has 0 aliphatic carbocycles. The molecule has 3 nitrogen and oxygen atoms in total. The molecule has 1 atom stereocenters. The van der Waals surface area contributed by atoms with Gasteiger partial charge in [0.25, 0.3) is 5.91 Å². The minimum atomic E-state index is -0.294. The number of benzene rings is 3. The molecule has 0 fully saturated rings. The van der Waals surface area contributed by atoms with Crippen molar-refractivity contribution in [2.24, 2.45) is 0 Å². The zero-order valence-corrected chi connectivity index (χ0v) is 14.1. The summed E-state index contributed by atoms with van der Waals surface area (Å²) < 4.78 is 5.49. The van der Waals surface area contributed by atoms with Gasteiger partial charge in [-0.05, 0) is 22.9 Å². The van der Waals surface area contributed by atoms with Crippen LogP contribution in [0.15, 0.2) is 66.7 Å². The number of amides is 1. The Bertz CT molecular complexity index is 858. The van der Waals surface area contributed by atoms with Crippen LogP contribution in [0.3, 0.4) is 0 Å². The Morgan fingerprint density at radius 2 is 1.75 bits per heavy atom. The van der Waals surface area contributed by atoms with Crippen LogP contribution >= 0.6 is 11.6 Å². The first-order chi connectivity index (χ1) is 11.7. The van der Waals surface area contributed by atoms with E-state index in [0.29, 0.717) is 17.1 Å². The molecule has 24 heavy (non-hydrogen) atoms. The Labute approximate surface area is 146 Å². The number of rotatable bonds is 5. The molecule has 0 aromatic heterocycles. The quantitative estimate of drug-likeness (QED) is 0.737. The average molecular weight is 340 g/mol. The Balaban J connectivity index is 1.78. The highest BCUT2D eigenvalue weighted by molar-refractivity contribution is 6.31. The third kappa shape index (κ3) is 3.42. The molecular formula is C20H18ClNO2. The van der Waals surface area contributed by atoms with Gasteiger partial charge in [0.05, 0.1) is 0 Å². The molecule has 0 aliphatic heterocycles. The van der Waals surface area contributed by atoms with Crippen molar-refractivity contribution in [1.29, 1.82) is 0 Å². The van der Waals surface area contributed by atoms with Gasteiger partial charge in [-0.15, -0.1) is 0 Å². The van der Waals surface area contributed by atoms with Crippen molar-refractivity contribution >= 4 is 28.3 Å². The van der Waals surface area contributed by atoms with Crippen molar-refractivity contribution in [2.45, 2.75) is 6.10 Å². The third-order valence-electron chi connectivity index (χ3n) is 4.02. The van der Waals surface area contributed by atoms with Crippen molar-refractivity contribution in [3.8, 4) is 0 Å². The number of carbonyl (C=O) groups excluding carboxylic acids is 1. The highest BCUT2D eigenvalue weighted by atomic mass is 35.5. The van der Waals surface area contributed by atoms with E-state index in [1.807, 2.05) is 66.7 Å². The predicted molar refractivity (Wildman–Crippen MR) is 97.5 cm³/mol. The van der Waals surface area contributed by atoms with Crippen LogP contribution in [0.4, 0.5) is 0 Å². The lowest BCUT2D eigenvalue weighted by molar-refractivity contribution is 0.0829. The van der Waals surface area contributed by atoms with E-state index < -0.39 is 0 Å². The fourth-order valence-electron chi connectivity index (χ4n) is 2.76. The number of hydrogen-bond acceptors (Lipinski definition) is 2. The zero-order chi connectivity index (χ0) is 16.9. The molecule has 1 amide bonds. The number of carbonyl (C=O) groups is 1. The molecule has 1 N–H and O–H groups in total. The van der Waals surface area contributed by atoms with E-state index in [9.17, 15) is 4.79 Å². The number of nitrogens with one attached hydrogen (secondary N) is 1. The fourth-order valence-corrected chi connectivity index (χ4v) is 3.02. The second kappa shape index (κ2) is 7.47. The van der Waals surface area contributed by atoms with E-state index >= 15 is 0 Å². The van der Waals surface area contributed by atoms with Crippen molar-refractivity contribution in [3.63, 3.8) is 0 Å². The maximum Gasteiger partial charge on any atom is 0.252 e. The highest BCUT2D eigenvalue weighted by Gasteiger charge is 2.16. The van der Waals surface area contributed by atoms with E-state index in [0.717, 1.165) is 16.3 Å². The van der Waals surface area contributed by atoms with Crippen LogP contribution in [0, 0.1) is 0 Å². The Kier molecular flexibility index (Phi) is 5.14. The van der Waals surface area contributed by atoms with Crippen LogP contribution in [-0.4, -0.2) is 19.6 Å². The number of halogens is 1. The maximum absolute atomic E-state index is 12.6. The average Bonchev–Trinajstić information content (AvgIpc) is 2.63. The number of hydrogen-bond donors (Lipinski definition) is 1. The second-order valence-electron chi connectivity index (χ2n) is 5.48. The monoisotopic (exact) mass is 339 g/mol. The molecule has 0 radical (unpaired) electrons. The minimum Gasteiger partial charge on any atom is -0.375 e. The molecule has 0 bridgehead atoms. The molecule has 0 unspecified atom stereocenters. The van der Waals surface area contributed by atoms with E-state index in [1.165, 1.54) is 0 Å². The molecule has 0 spiro atoms. The summed E-state index contributed by atoms with van der Waals surface area (Å²) in [5, 5.41) is 5.55. The molecule has 122 valence electrons. The van der Waals surface area contributed by atoms with E-state index in [-0.39, 0.29) is 12.0 Å². The van der Waals surface area contributed by atoms with Crippen molar-refractivity contribution in [3.05, 3.63) is 82.9 Å². The van der Waals surface area contributed by atoms with Crippen molar-refractivity contribution < 1.29 is 9.53 Å². The topological polar surface area (TPSA) is 38.3 Å². The van der Waals surface area contributed by atoms with E-state index in [2.05, 4.69) is 5.32 Å². The zero-order valence-electron chi connectivity index (χ0n) is 13.3. The molecule has 3 rings (SSSR count). The number of ether oxygens (including phenoxy) is 1. The summed E-state index contributed by atoms with van der Waals surface area (Å²) in [6.45, 7) is 0.349. The summed E-state index contributed by atoms with van der Waals surface area (Å²) in [5.41, 5.74) is 1.52. The third-order valence-corrected chi connectivity index (χ3v) is 4.36. The first-order valence-corrected chi connectivity index (χ1v) is 8.11. The van der Waals surface area contributed by atoms with Gasteiger partial charge in [-0.25, -0.2) is 0 Å². The van der Waals surface area contributed by atoms with Gasteiger partial charge >= 0.3 is 0 Å². The van der Waals surface area contributed by atoms with Crippen molar-refractivity contribution in [2.75, 3.05) is 13.7 Å². The molecule has 4 heteroatoms. The molecule has 0 saturated carbocycles. The maximum atomic E-state index is 12.6. The number of methoxy groups -OCH3 is 1. The van der Waals surface area contributed by atoms with Gasteiger partial charge < -0.3 is 10.1 Å². The first kappa shape index (κ1) is 16.5. The molecule has 0 heterocycles. The molecule has 0 aliphatic rings. The Morgan fingerprint density at radius 1 is 1.04 bits per heavy atom. The van der Waals surface area contributed by atoms with Gasteiger partial charge in [-0.2, -0.15) is 0 Å². The van der Waals surface area contributed by atoms with Crippen LogP contribution in [0.2, 0.25) is 5.02 Å². The lowest BCUT2D eigenvalue weighted by Crippen LogP contribution is -2.29. The van der Waals surface area contributed by atoms with Crippen LogP contribution in [0.25, 0.3) is 10.8 Å². The summed E-state index contributed by atoms with van der Waals surface area (Å²) in [7, 11) is 1.61. The van der Waals surface area contributed by atoms with E-state index in [1.54, 1.807) is 7.11 Å². The van der Waals surface area contributed by atoms with Gasteiger partial charge in [0.2, 0.25) is 0 Å². The normalized spacial score (nSPS) is 12.1. The second-order valence-corrected chi connectivity index (χ2v) is 5.89. The minimum absolute atomic E-state index is 0.124. The lowest BCUT2D eigenvalue weighted by Gasteiger charge is -2.18. The van der Waals surface area contributed by atoms with Crippen LogP contribution in [0.5, 0.6) is 0 Å². The largest absolute Gasteiger partial charge is 0.375 e. The molecular weight excluding hydrogens is 322 g/mol. The summed E-state index contributed by atoms with van der Waals surface area (Å²) in [6.07, 6.45) is -0.294. The number of fused-ring (bicyclic) bond motifs is 1. The smallest absolute Gasteiger partial charge is 0.252 e. The summed E-state index contributed by atoms with van der Waals surface area (Å²) >= 11 is 6.22. The highest BCUT2D eigenvalue weighted by Crippen LogP contribution is 2.25. The van der Waals surface area contributed by atoms with Gasteiger partial charge in [0.1, 0.15) is 6.10 Å². The first-order valence-electron chi connectivity index (χ1n) is 7.74. The lowest BCUT2D eigenvalue weighted by atomic mass is 10.0. The SMILES string of the molecule is CO[C@@H](CNC(=O)c1cccc2ccccc12)c1ccccc1Cl.